The molecule has 0 saturated carbocycles. The monoisotopic (exact) mass is 233 g/mol. The number of carboxylic acid groups (broad SMARTS) is 1. The molecule has 0 atom stereocenters. The van der Waals surface area contributed by atoms with E-state index < -0.39 is 5.97 Å². The molecule has 0 amide bonds. The lowest BCUT2D eigenvalue weighted by atomic mass is 10.1. The van der Waals surface area contributed by atoms with E-state index in [9.17, 15) is 4.79 Å². The van der Waals surface area contributed by atoms with Gasteiger partial charge in [-0.3, -0.25) is 0 Å². The number of hydrogen-bond donors (Lipinski definition) is 1. The third-order valence-corrected chi connectivity index (χ3v) is 2.09. The SMILES string of the molecule is COc1ccc(OC)c(C=C(C#N)C(=O)O)c1. The molecule has 0 saturated heterocycles. The fourth-order valence-corrected chi connectivity index (χ4v) is 1.25. The Morgan fingerprint density at radius 2 is 2.12 bits per heavy atom. The standard InChI is InChI=1S/C12H11NO4/c1-16-10-3-4-11(17-2)8(6-10)5-9(7-13)12(14)15/h3-6H,1-2H3,(H,14,15). The van der Waals surface area contributed by atoms with E-state index in [1.54, 1.807) is 24.3 Å². The van der Waals surface area contributed by atoms with Crippen LogP contribution in [0.15, 0.2) is 23.8 Å². The maximum absolute atomic E-state index is 10.7. The predicted molar refractivity (Wildman–Crippen MR) is 60.8 cm³/mol. The summed E-state index contributed by atoms with van der Waals surface area (Å²) in [5.41, 5.74) is 0.113. The van der Waals surface area contributed by atoms with Crippen LogP contribution in [0.2, 0.25) is 0 Å². The molecule has 0 aromatic heterocycles. The van der Waals surface area contributed by atoms with E-state index in [2.05, 4.69) is 0 Å². The molecule has 1 aromatic carbocycles. The van der Waals surface area contributed by atoms with Crippen molar-refractivity contribution in [1.29, 1.82) is 5.26 Å². The fourth-order valence-electron chi connectivity index (χ4n) is 1.25. The van der Waals surface area contributed by atoms with Crippen molar-refractivity contribution in [2.24, 2.45) is 0 Å². The number of ether oxygens (including phenoxy) is 2. The van der Waals surface area contributed by atoms with Crippen LogP contribution in [-0.2, 0) is 4.79 Å². The molecular formula is C12H11NO4. The highest BCUT2D eigenvalue weighted by atomic mass is 16.5. The topological polar surface area (TPSA) is 79.5 Å². The number of methoxy groups -OCH3 is 2. The van der Waals surface area contributed by atoms with Crippen LogP contribution in [0.25, 0.3) is 6.08 Å². The Labute approximate surface area is 98.5 Å². The van der Waals surface area contributed by atoms with Crippen molar-refractivity contribution < 1.29 is 19.4 Å². The molecule has 0 spiro atoms. The summed E-state index contributed by atoms with van der Waals surface area (Å²) in [6.07, 6.45) is 1.24. The quantitative estimate of drug-likeness (QED) is 0.632. The first-order valence-corrected chi connectivity index (χ1v) is 4.69. The van der Waals surface area contributed by atoms with Gasteiger partial charge < -0.3 is 14.6 Å². The first kappa shape index (κ1) is 12.6. The summed E-state index contributed by atoms with van der Waals surface area (Å²) in [5, 5.41) is 17.4. The summed E-state index contributed by atoms with van der Waals surface area (Å²) < 4.78 is 10.1. The summed E-state index contributed by atoms with van der Waals surface area (Å²) in [4.78, 5) is 10.7. The molecule has 1 N–H and O–H groups in total. The Balaban J connectivity index is 3.28. The van der Waals surface area contributed by atoms with Crippen molar-refractivity contribution in [3.63, 3.8) is 0 Å². The van der Waals surface area contributed by atoms with E-state index in [4.69, 9.17) is 19.8 Å². The number of nitrogens with zero attached hydrogens (tertiary/aromatic N) is 1. The van der Waals surface area contributed by atoms with Crippen molar-refractivity contribution in [3.8, 4) is 17.6 Å². The Morgan fingerprint density at radius 3 is 2.59 bits per heavy atom. The van der Waals surface area contributed by atoms with Crippen molar-refractivity contribution in [2.75, 3.05) is 14.2 Å². The molecule has 1 aromatic rings. The first-order valence-electron chi connectivity index (χ1n) is 4.69. The number of benzene rings is 1. The molecule has 5 nitrogen and oxygen atoms in total. The smallest absolute Gasteiger partial charge is 0.346 e. The lowest BCUT2D eigenvalue weighted by molar-refractivity contribution is -0.132. The first-order chi connectivity index (χ1) is 8.12. The van der Waals surface area contributed by atoms with Gasteiger partial charge in [-0.1, -0.05) is 0 Å². The lowest BCUT2D eigenvalue weighted by Crippen LogP contribution is -1.98. The van der Waals surface area contributed by atoms with Gasteiger partial charge in [-0.2, -0.15) is 5.26 Å². The molecule has 0 unspecified atom stereocenters. The molecule has 0 radical (unpaired) electrons. The van der Waals surface area contributed by atoms with Gasteiger partial charge in [-0.25, -0.2) is 4.79 Å². The third kappa shape index (κ3) is 2.98. The zero-order chi connectivity index (χ0) is 12.8. The highest BCUT2D eigenvalue weighted by molar-refractivity contribution is 5.96. The van der Waals surface area contributed by atoms with Gasteiger partial charge in [0.25, 0.3) is 0 Å². The van der Waals surface area contributed by atoms with Crippen LogP contribution < -0.4 is 9.47 Å². The van der Waals surface area contributed by atoms with Gasteiger partial charge in [0.1, 0.15) is 23.1 Å². The van der Waals surface area contributed by atoms with Crippen LogP contribution >= 0.6 is 0 Å². The Hall–Kier alpha value is -2.48. The molecule has 0 fully saturated rings. The molecule has 0 aliphatic carbocycles. The van der Waals surface area contributed by atoms with Crippen LogP contribution in [-0.4, -0.2) is 25.3 Å². The second kappa shape index (κ2) is 5.56. The summed E-state index contributed by atoms with van der Waals surface area (Å²) >= 11 is 0. The van der Waals surface area contributed by atoms with Gasteiger partial charge in [0.2, 0.25) is 0 Å². The van der Waals surface area contributed by atoms with E-state index in [0.717, 1.165) is 0 Å². The van der Waals surface area contributed by atoms with Gasteiger partial charge in [0, 0.05) is 5.56 Å². The molecule has 0 bridgehead atoms. The zero-order valence-corrected chi connectivity index (χ0v) is 9.43. The van der Waals surface area contributed by atoms with Gasteiger partial charge in [-0.05, 0) is 24.3 Å². The second-order valence-corrected chi connectivity index (χ2v) is 3.08. The van der Waals surface area contributed by atoms with E-state index in [0.29, 0.717) is 17.1 Å². The summed E-state index contributed by atoms with van der Waals surface area (Å²) in [6, 6.07) is 6.52. The van der Waals surface area contributed by atoms with Crippen molar-refractivity contribution >= 4 is 12.0 Å². The van der Waals surface area contributed by atoms with Crippen molar-refractivity contribution in [2.45, 2.75) is 0 Å². The minimum Gasteiger partial charge on any atom is -0.497 e. The zero-order valence-electron chi connectivity index (χ0n) is 9.43. The minimum atomic E-state index is -1.28. The van der Waals surface area contributed by atoms with E-state index >= 15 is 0 Å². The van der Waals surface area contributed by atoms with Crippen LogP contribution in [0.4, 0.5) is 0 Å². The molecule has 0 aliphatic heterocycles. The summed E-state index contributed by atoms with van der Waals surface area (Å²) in [7, 11) is 2.96. The molecule has 5 heteroatoms. The van der Waals surface area contributed by atoms with Crippen molar-refractivity contribution in [3.05, 3.63) is 29.3 Å². The van der Waals surface area contributed by atoms with Crippen molar-refractivity contribution in [1.82, 2.24) is 0 Å². The largest absolute Gasteiger partial charge is 0.497 e. The van der Waals surface area contributed by atoms with E-state index in [1.807, 2.05) is 0 Å². The maximum atomic E-state index is 10.7. The Kier molecular flexibility index (Phi) is 4.12. The molecule has 0 aliphatic rings. The molecule has 88 valence electrons. The van der Waals surface area contributed by atoms with Crippen LogP contribution in [0, 0.1) is 11.3 Å². The average Bonchev–Trinajstić information content (AvgIpc) is 2.35. The highest BCUT2D eigenvalue weighted by Crippen LogP contribution is 2.26. The number of nitriles is 1. The number of rotatable bonds is 4. The minimum absolute atomic E-state index is 0.364. The predicted octanol–water partition coefficient (Wildman–Crippen LogP) is 1.70. The normalized spacial score (nSPS) is 10.5. The van der Waals surface area contributed by atoms with E-state index in [1.165, 1.54) is 20.3 Å². The van der Waals surface area contributed by atoms with Gasteiger partial charge in [0.05, 0.1) is 14.2 Å². The van der Waals surface area contributed by atoms with Crippen LogP contribution in [0.1, 0.15) is 5.56 Å². The molecule has 1 rings (SSSR count). The van der Waals surface area contributed by atoms with Crippen LogP contribution in [0.3, 0.4) is 0 Å². The molecule has 0 heterocycles. The molecular weight excluding hydrogens is 222 g/mol. The van der Waals surface area contributed by atoms with Gasteiger partial charge in [-0.15, -0.1) is 0 Å². The van der Waals surface area contributed by atoms with Crippen LogP contribution in [0.5, 0.6) is 11.5 Å². The lowest BCUT2D eigenvalue weighted by Gasteiger charge is -2.07. The molecule has 17 heavy (non-hydrogen) atoms. The Bertz CT molecular complexity index is 500. The van der Waals surface area contributed by atoms with Gasteiger partial charge >= 0.3 is 5.97 Å². The number of aliphatic carboxylic acids is 1. The summed E-state index contributed by atoms with van der Waals surface area (Å²) in [5.74, 6) is -0.253. The third-order valence-electron chi connectivity index (χ3n) is 2.09. The fraction of sp³-hybridized carbons (Fsp3) is 0.167. The summed E-state index contributed by atoms with van der Waals surface area (Å²) in [6.45, 7) is 0. The average molecular weight is 233 g/mol. The number of hydrogen-bond acceptors (Lipinski definition) is 4. The van der Waals surface area contributed by atoms with Gasteiger partial charge in [0.15, 0.2) is 0 Å². The second-order valence-electron chi connectivity index (χ2n) is 3.08. The number of carbonyl (C=O) groups is 1. The Morgan fingerprint density at radius 1 is 1.41 bits per heavy atom. The maximum Gasteiger partial charge on any atom is 0.346 e. The highest BCUT2D eigenvalue weighted by Gasteiger charge is 2.09. The van der Waals surface area contributed by atoms with E-state index in [-0.39, 0.29) is 5.57 Å². The number of carboxylic acids is 1.